The molecule has 1 aromatic rings. The first-order valence-electron chi connectivity index (χ1n) is 6.93. The number of halogens is 1. The number of fused-ring (bicyclic) bond motifs is 2. The fourth-order valence-corrected chi connectivity index (χ4v) is 4.96. The monoisotopic (exact) mass is 386 g/mol. The molecule has 0 radical (unpaired) electrons. The molecule has 0 aromatic heterocycles. The molecule has 0 spiro atoms. The number of hydrogen-bond donors (Lipinski definition) is 0. The van der Waals surface area contributed by atoms with Crippen LogP contribution in [0.1, 0.15) is 31.2 Å². The van der Waals surface area contributed by atoms with Crippen LogP contribution in [0.2, 0.25) is 0 Å². The summed E-state index contributed by atoms with van der Waals surface area (Å²) in [5.41, 5.74) is 0.973. The highest BCUT2D eigenvalue weighted by atomic mass is 127. The molecular weight excluding hydrogens is 371 g/mol. The Hall–Kier alpha value is -0.980. The molecule has 1 aliphatic carbocycles. The fourth-order valence-electron chi connectivity index (χ4n) is 3.69. The summed E-state index contributed by atoms with van der Waals surface area (Å²) in [6, 6.07) is 6.05. The van der Waals surface area contributed by atoms with Crippen molar-refractivity contribution in [2.24, 2.45) is 0 Å². The van der Waals surface area contributed by atoms with E-state index < -0.39 is 0 Å². The zero-order valence-corrected chi connectivity index (χ0v) is 13.1. The van der Waals surface area contributed by atoms with E-state index in [1.807, 2.05) is 12.1 Å². The lowest BCUT2D eigenvalue weighted by Gasteiger charge is -2.40. The van der Waals surface area contributed by atoms with Crippen molar-refractivity contribution in [3.05, 3.63) is 23.8 Å². The van der Waals surface area contributed by atoms with Crippen LogP contribution in [0.4, 0.5) is 0 Å². The van der Waals surface area contributed by atoms with Gasteiger partial charge in [0.15, 0.2) is 11.5 Å². The molecule has 4 nitrogen and oxygen atoms in total. The summed E-state index contributed by atoms with van der Waals surface area (Å²) in [7, 11) is 0. The first kappa shape index (κ1) is 12.7. The van der Waals surface area contributed by atoms with Crippen molar-refractivity contribution in [2.75, 3.05) is 6.79 Å². The molecule has 0 unspecified atom stereocenters. The average molecular weight is 386 g/mol. The summed E-state index contributed by atoms with van der Waals surface area (Å²) in [6.07, 6.45) is 3.73. The predicted molar refractivity (Wildman–Crippen MR) is 80.4 cm³/mol. The zero-order valence-electron chi connectivity index (χ0n) is 10.9. The first-order chi connectivity index (χ1) is 9.69. The number of esters is 1. The lowest BCUT2D eigenvalue weighted by molar-refractivity contribution is -0.141. The summed E-state index contributed by atoms with van der Waals surface area (Å²) < 4.78 is 16.9. The molecule has 106 valence electrons. The number of carbonyl (C=O) groups excluding carboxylic acids is 1. The Morgan fingerprint density at radius 2 is 2.10 bits per heavy atom. The van der Waals surface area contributed by atoms with Crippen LogP contribution in [0.25, 0.3) is 0 Å². The summed E-state index contributed by atoms with van der Waals surface area (Å²) >= 11 is 2.42. The van der Waals surface area contributed by atoms with Crippen LogP contribution in [-0.2, 0) is 14.9 Å². The smallest absolute Gasteiger partial charge is 0.307 e. The highest BCUT2D eigenvalue weighted by Crippen LogP contribution is 2.51. The standard InChI is InChI=1S/C15H15IO4/c16-10-2-1-5-15(7-13(17)20-14(10)15)9-3-4-11-12(6-9)19-8-18-11/h3-4,6,10,14H,1-2,5,7-8H2/t10-,14+,15+/m0/s1. The Labute approximate surface area is 130 Å². The van der Waals surface area contributed by atoms with E-state index in [4.69, 9.17) is 14.2 Å². The molecule has 2 fully saturated rings. The summed E-state index contributed by atoms with van der Waals surface area (Å²) in [5.74, 6) is 1.50. The van der Waals surface area contributed by atoms with Gasteiger partial charge in [-0.2, -0.15) is 0 Å². The quantitative estimate of drug-likeness (QED) is 0.423. The van der Waals surface area contributed by atoms with Gasteiger partial charge < -0.3 is 14.2 Å². The molecule has 0 N–H and O–H groups in total. The van der Waals surface area contributed by atoms with E-state index in [0.29, 0.717) is 10.3 Å². The molecule has 1 saturated heterocycles. The van der Waals surface area contributed by atoms with Crippen LogP contribution >= 0.6 is 22.6 Å². The third-order valence-corrected chi connectivity index (χ3v) is 5.92. The van der Waals surface area contributed by atoms with Crippen LogP contribution < -0.4 is 9.47 Å². The Morgan fingerprint density at radius 3 is 3.00 bits per heavy atom. The Kier molecular flexibility index (Phi) is 2.87. The van der Waals surface area contributed by atoms with Gasteiger partial charge in [-0.3, -0.25) is 4.79 Å². The Balaban J connectivity index is 1.79. The minimum atomic E-state index is -0.178. The summed E-state index contributed by atoms with van der Waals surface area (Å²) in [6.45, 7) is 0.277. The molecule has 4 rings (SSSR count). The van der Waals surface area contributed by atoms with Crippen LogP contribution in [-0.4, -0.2) is 22.8 Å². The topological polar surface area (TPSA) is 44.8 Å². The van der Waals surface area contributed by atoms with Gasteiger partial charge in [0.2, 0.25) is 6.79 Å². The van der Waals surface area contributed by atoms with Crippen LogP contribution in [0, 0.1) is 0 Å². The normalized spacial score (nSPS) is 34.8. The second-order valence-electron chi connectivity index (χ2n) is 5.72. The average Bonchev–Trinajstić information content (AvgIpc) is 3.02. The van der Waals surface area contributed by atoms with E-state index in [2.05, 4.69) is 28.7 Å². The SMILES string of the molecule is O=C1C[C@@]2(c3ccc4c(c3)OCO4)CCC[C@H](I)[C@H]2O1. The highest BCUT2D eigenvalue weighted by molar-refractivity contribution is 14.1. The van der Waals surface area contributed by atoms with E-state index in [9.17, 15) is 4.79 Å². The summed E-state index contributed by atoms with van der Waals surface area (Å²) in [4.78, 5) is 11.9. The highest BCUT2D eigenvalue weighted by Gasteiger charge is 2.54. The van der Waals surface area contributed by atoms with Gasteiger partial charge in [-0.1, -0.05) is 35.1 Å². The van der Waals surface area contributed by atoms with Crippen molar-refractivity contribution in [2.45, 2.75) is 41.1 Å². The number of hydrogen-bond acceptors (Lipinski definition) is 4. The van der Waals surface area contributed by atoms with E-state index in [1.165, 1.54) is 0 Å². The van der Waals surface area contributed by atoms with E-state index >= 15 is 0 Å². The third kappa shape index (κ3) is 1.75. The zero-order chi connectivity index (χ0) is 13.7. The summed E-state index contributed by atoms with van der Waals surface area (Å²) in [5, 5.41) is 0. The number of rotatable bonds is 1. The largest absolute Gasteiger partial charge is 0.460 e. The molecular formula is C15H15IO4. The van der Waals surface area contributed by atoms with Gasteiger partial charge in [0.25, 0.3) is 0 Å². The maximum atomic E-state index is 11.9. The Morgan fingerprint density at radius 1 is 1.25 bits per heavy atom. The van der Waals surface area contributed by atoms with Gasteiger partial charge in [-0.15, -0.1) is 0 Å². The maximum absolute atomic E-state index is 11.9. The molecule has 0 bridgehead atoms. The molecule has 5 heteroatoms. The van der Waals surface area contributed by atoms with Crippen molar-refractivity contribution >= 4 is 28.6 Å². The molecule has 3 aliphatic rings. The Bertz CT molecular complexity index is 573. The second kappa shape index (κ2) is 4.51. The van der Waals surface area contributed by atoms with E-state index in [1.54, 1.807) is 0 Å². The van der Waals surface area contributed by atoms with Crippen molar-refractivity contribution in [1.82, 2.24) is 0 Å². The van der Waals surface area contributed by atoms with E-state index in [-0.39, 0.29) is 24.3 Å². The molecule has 1 aromatic carbocycles. The third-order valence-electron chi connectivity index (χ3n) is 4.64. The van der Waals surface area contributed by atoms with Crippen molar-refractivity contribution in [3.63, 3.8) is 0 Å². The molecule has 2 aliphatic heterocycles. The van der Waals surface area contributed by atoms with Gasteiger partial charge in [-0.25, -0.2) is 0 Å². The number of benzene rings is 1. The van der Waals surface area contributed by atoms with Crippen molar-refractivity contribution in [1.29, 1.82) is 0 Å². The van der Waals surface area contributed by atoms with Gasteiger partial charge in [-0.05, 0) is 30.5 Å². The predicted octanol–water partition coefficient (Wildman–Crippen LogP) is 2.96. The number of carbonyl (C=O) groups is 1. The van der Waals surface area contributed by atoms with Gasteiger partial charge >= 0.3 is 5.97 Å². The molecule has 1 saturated carbocycles. The fraction of sp³-hybridized carbons (Fsp3) is 0.533. The van der Waals surface area contributed by atoms with E-state index in [0.717, 1.165) is 36.3 Å². The van der Waals surface area contributed by atoms with Crippen LogP contribution in [0.3, 0.4) is 0 Å². The van der Waals surface area contributed by atoms with Crippen molar-refractivity contribution < 1.29 is 19.0 Å². The molecule has 20 heavy (non-hydrogen) atoms. The molecule has 3 atom stereocenters. The number of ether oxygens (including phenoxy) is 3. The lowest BCUT2D eigenvalue weighted by Crippen LogP contribution is -2.44. The van der Waals surface area contributed by atoms with Gasteiger partial charge in [0, 0.05) is 9.34 Å². The minimum Gasteiger partial charge on any atom is -0.460 e. The molecule has 0 amide bonds. The van der Waals surface area contributed by atoms with Crippen LogP contribution in [0.5, 0.6) is 11.5 Å². The first-order valence-corrected chi connectivity index (χ1v) is 8.17. The molecule has 2 heterocycles. The second-order valence-corrected chi connectivity index (χ2v) is 7.32. The van der Waals surface area contributed by atoms with Gasteiger partial charge in [0.05, 0.1) is 6.42 Å². The maximum Gasteiger partial charge on any atom is 0.307 e. The lowest BCUT2D eigenvalue weighted by atomic mass is 9.67. The van der Waals surface area contributed by atoms with Crippen molar-refractivity contribution in [3.8, 4) is 11.5 Å². The van der Waals surface area contributed by atoms with Gasteiger partial charge in [0.1, 0.15) is 6.10 Å². The van der Waals surface area contributed by atoms with Crippen LogP contribution in [0.15, 0.2) is 18.2 Å². The number of alkyl halides is 1. The minimum absolute atomic E-state index is 0.00952.